The van der Waals surface area contributed by atoms with E-state index in [-0.39, 0.29) is 38.8 Å². The Morgan fingerprint density at radius 3 is 0.875 bits per heavy atom. The van der Waals surface area contributed by atoms with Crippen molar-refractivity contribution in [3.63, 3.8) is 0 Å². The quantitative estimate of drug-likeness (QED) is 0.0841. The molecule has 0 amide bonds. The van der Waals surface area contributed by atoms with Gasteiger partial charge in [-0.05, 0) is 291 Å². The van der Waals surface area contributed by atoms with E-state index >= 15 is 0 Å². The number of ether oxygens (including phenoxy) is 1. The van der Waals surface area contributed by atoms with Crippen molar-refractivity contribution in [3.8, 4) is 5.75 Å². The number of hydrogen-bond acceptors (Lipinski definition) is 7. The van der Waals surface area contributed by atoms with Crippen LogP contribution < -0.4 is 26.6 Å². The van der Waals surface area contributed by atoms with Gasteiger partial charge in [-0.3, -0.25) is 0 Å². The number of fused-ring (bicyclic) bond motifs is 2. The van der Waals surface area contributed by atoms with Gasteiger partial charge in [-0.2, -0.15) is 0 Å². The highest BCUT2D eigenvalue weighted by Crippen LogP contribution is 2.36. The summed E-state index contributed by atoms with van der Waals surface area (Å²) in [7, 11) is 20.7. The summed E-state index contributed by atoms with van der Waals surface area (Å²) in [6, 6.07) is 92.9. The lowest BCUT2D eigenvalue weighted by molar-refractivity contribution is -0.897. The summed E-state index contributed by atoms with van der Waals surface area (Å²) >= 11 is 0. The van der Waals surface area contributed by atoms with Crippen molar-refractivity contribution in [1.29, 1.82) is 0 Å². The highest BCUT2D eigenvalue weighted by Gasteiger charge is 2.34. The number of quaternary nitrogens is 1. The number of rotatable bonds is 13. The van der Waals surface area contributed by atoms with Gasteiger partial charge in [-0.15, -0.1) is 0 Å². The average molecular weight is 1760 g/mol. The summed E-state index contributed by atoms with van der Waals surface area (Å²) in [6.07, 6.45) is 31.4. The van der Waals surface area contributed by atoms with E-state index in [1.54, 1.807) is 16.9 Å². The Balaban J connectivity index is 0.000000135. The number of anilines is 1. The van der Waals surface area contributed by atoms with Crippen molar-refractivity contribution in [1.82, 2.24) is 33.6 Å². The van der Waals surface area contributed by atoms with Crippen molar-refractivity contribution in [2.24, 2.45) is 14.1 Å². The summed E-state index contributed by atoms with van der Waals surface area (Å²) in [5.41, 5.74) is 4.09. The molecular formula is C105H144BrN9OS4+4. The maximum atomic E-state index is 5.14. The van der Waals surface area contributed by atoms with Gasteiger partial charge >= 0.3 is 0 Å². The molecule has 2 aromatic heterocycles. The predicted octanol–water partition coefficient (Wildman–Crippen LogP) is 19.1. The Kier molecular flexibility index (Phi) is 39.4. The van der Waals surface area contributed by atoms with Crippen LogP contribution in [0.15, 0.2) is 306 Å². The Morgan fingerprint density at radius 1 is 0.308 bits per heavy atom. The number of aromatic nitrogens is 2. The molecule has 0 atom stereocenters. The van der Waals surface area contributed by atoms with Gasteiger partial charge < -0.3 is 64.7 Å². The van der Waals surface area contributed by atoms with Crippen molar-refractivity contribution < 1.29 is 26.2 Å². The molecule has 0 aliphatic carbocycles. The molecule has 10 nitrogen and oxygen atoms in total. The minimum atomic E-state index is -0.0146. The third kappa shape index (κ3) is 28.7. The van der Waals surface area contributed by atoms with E-state index in [1.807, 2.05) is 12.1 Å². The molecule has 0 N–H and O–H groups in total. The normalized spacial score (nSPS) is 18.3. The Hall–Kier alpha value is -6.70. The van der Waals surface area contributed by atoms with Crippen LogP contribution in [-0.2, 0) is 57.7 Å². The van der Waals surface area contributed by atoms with Gasteiger partial charge in [0.25, 0.3) is 0 Å². The fourth-order valence-electron chi connectivity index (χ4n) is 18.0. The maximum absolute atomic E-state index is 5.14. The average Bonchev–Trinajstić information content (AvgIpc) is 1.66. The molecule has 19 rings (SSSR count). The zero-order chi connectivity index (χ0) is 82.8. The van der Waals surface area contributed by atoms with Gasteiger partial charge in [0, 0.05) is 92.7 Å². The first-order chi connectivity index (χ1) is 58.2. The molecule has 15 heteroatoms. The molecule has 10 heterocycles. The Bertz CT molecular complexity index is 4130. The van der Waals surface area contributed by atoms with Crippen molar-refractivity contribution in [3.05, 3.63) is 267 Å². The molecule has 0 unspecified atom stereocenters. The molecule has 8 aliphatic heterocycles. The number of benzene rings is 9. The molecule has 0 saturated carbocycles. The third-order valence-electron chi connectivity index (χ3n) is 25.0. The number of likely N-dealkylation sites (tertiary alicyclic amines) is 5. The second kappa shape index (κ2) is 50.3. The number of piperidine rings is 6. The first kappa shape index (κ1) is 94.0. The molecule has 0 bridgehead atoms. The van der Waals surface area contributed by atoms with E-state index < -0.39 is 0 Å². The van der Waals surface area contributed by atoms with Crippen LogP contribution in [-0.4, -0.2) is 207 Å². The summed E-state index contributed by atoms with van der Waals surface area (Å²) in [5, 5.41) is 2.95. The molecule has 8 fully saturated rings. The lowest BCUT2D eigenvalue weighted by Crippen LogP contribution is -3.00. The topological polar surface area (TPSA) is 38.5 Å². The van der Waals surface area contributed by atoms with Gasteiger partial charge in [0.05, 0.1) is 90.3 Å². The minimum absolute atomic E-state index is 0. The first-order valence-corrected chi connectivity index (χ1v) is 50.8. The number of para-hydroxylation sites is 2. The maximum Gasteiger partial charge on any atom is 0.180 e. The lowest BCUT2D eigenvalue weighted by Gasteiger charge is -2.39. The highest BCUT2D eigenvalue weighted by molar-refractivity contribution is 7.98. The number of halogens is 1. The summed E-state index contributed by atoms with van der Waals surface area (Å²) in [6.45, 7) is 15.7. The van der Waals surface area contributed by atoms with Crippen molar-refractivity contribution in [2.75, 3.05) is 156 Å². The van der Waals surface area contributed by atoms with Crippen LogP contribution >= 0.6 is 0 Å². The molecule has 11 aromatic rings. The Labute approximate surface area is 747 Å². The van der Waals surface area contributed by atoms with Crippen LogP contribution in [0.2, 0.25) is 0 Å². The fraction of sp³-hybridized carbons (Fsp3) is 0.448. The van der Waals surface area contributed by atoms with Crippen LogP contribution in [0.5, 0.6) is 5.75 Å². The summed E-state index contributed by atoms with van der Waals surface area (Å²) in [4.78, 5) is 26.6. The van der Waals surface area contributed by atoms with E-state index in [9.17, 15) is 0 Å². The van der Waals surface area contributed by atoms with Gasteiger partial charge in [-0.1, -0.05) is 146 Å². The molecule has 9 aromatic carbocycles. The monoisotopic (exact) mass is 1750 g/mol. The van der Waals surface area contributed by atoms with Crippen LogP contribution in [0, 0.1) is 0 Å². The van der Waals surface area contributed by atoms with Crippen molar-refractivity contribution >= 4 is 71.1 Å². The fourth-order valence-corrected chi connectivity index (χ4v) is 27.3. The molecule has 8 saturated heterocycles. The van der Waals surface area contributed by atoms with E-state index in [0.717, 1.165) is 28.4 Å². The Morgan fingerprint density at radius 2 is 0.583 bits per heavy atom. The van der Waals surface area contributed by atoms with E-state index in [1.165, 1.54) is 280 Å². The van der Waals surface area contributed by atoms with Gasteiger partial charge in [0.15, 0.2) is 39.2 Å². The molecule has 8 aliphatic rings. The van der Waals surface area contributed by atoms with E-state index in [0.29, 0.717) is 21.8 Å². The van der Waals surface area contributed by atoms with Crippen LogP contribution in [0.4, 0.5) is 5.69 Å². The predicted molar refractivity (Wildman–Crippen MR) is 518 cm³/mol. The minimum Gasteiger partial charge on any atom is -1.00 e. The zero-order valence-corrected chi connectivity index (χ0v) is 79.2. The van der Waals surface area contributed by atoms with Gasteiger partial charge in [0.1, 0.15) is 28.8 Å². The van der Waals surface area contributed by atoms with Crippen LogP contribution in [0.1, 0.15) is 122 Å². The van der Waals surface area contributed by atoms with Gasteiger partial charge in [-0.25, -0.2) is 0 Å². The first-order valence-electron chi connectivity index (χ1n) is 45.2. The molecule has 0 radical (unpaired) electrons. The van der Waals surface area contributed by atoms with Crippen LogP contribution in [0.3, 0.4) is 0 Å². The number of methoxy groups -OCH3 is 1. The van der Waals surface area contributed by atoms with Crippen LogP contribution in [0.25, 0.3) is 21.8 Å². The standard InChI is InChI=1S/2C18H15S.2C13H16NS.C12H17NO.2C11H22N2.C9H21N2.BrH/c2*1-4-10-16(11-5-1)19(17-12-6-2-7-13-17)18-14-8-3-9-15-18;2*1-14-10-13(15-8-4-5-9-15)11-6-2-3-7-12(11)14;1-14-12-7-5-11(6-8-12)13-9-3-2-4-10-13;2*1-12-9-5-11(6-10-12)13-7-3-2-4-8-13;1-10-7-5-9(6-8-10)11(2,3)4;/h2*1-15H;2*2-3,6-7,10H,4-5,8-9H2,1H3;5-8H,2-4,9-10H2,1H3;2*11H,2-10H2,1H3;9H,5-8H2,1-4H3;1H/q4*+1;;;;+1;/p-1. The largest absolute Gasteiger partial charge is 1.00 e. The lowest BCUT2D eigenvalue weighted by atomic mass is 10.0. The van der Waals surface area contributed by atoms with Crippen molar-refractivity contribution in [2.45, 2.75) is 179 Å². The molecule has 642 valence electrons. The number of aryl methyl sites for hydroxylation is 2. The molecule has 120 heavy (non-hydrogen) atoms. The van der Waals surface area contributed by atoms with Gasteiger partial charge in [0.2, 0.25) is 0 Å². The number of nitrogens with zero attached hydrogens (tertiary/aromatic N) is 9. The van der Waals surface area contributed by atoms with E-state index in [2.05, 4.69) is 350 Å². The SMILES string of the molecule is CN1CCC(N2CCCCC2)CC1.CN1CCC(N2CCCCC2)CC1.CN1CCC([N+](C)(C)C)CC1.COc1ccc(N2CCCCC2)cc1.Cn1cc([S+]2CCCC2)c2ccccc21.Cn1cc([S+]2CCCC2)c2ccccc21.[Br-].c1ccc([S+](c2ccccc2)c2ccccc2)cc1.c1ccc([S+](c2ccccc2)c2ccccc2)cc1. The second-order valence-corrected chi connectivity index (χ2v) is 43.1. The molecule has 0 spiro atoms. The third-order valence-corrected chi connectivity index (χ3v) is 34.5. The highest BCUT2D eigenvalue weighted by atomic mass is 79.9. The molecular weight excluding hydrogens is 1610 g/mol. The summed E-state index contributed by atoms with van der Waals surface area (Å²) in [5.74, 6) is 6.58. The summed E-state index contributed by atoms with van der Waals surface area (Å²) < 4.78 is 10.8. The van der Waals surface area contributed by atoms with E-state index in [4.69, 9.17) is 4.74 Å². The zero-order valence-electron chi connectivity index (χ0n) is 74.3. The second-order valence-electron chi connectivity index (χ2n) is 34.6. The smallest absolute Gasteiger partial charge is 0.180 e. The number of hydrogen-bond donors (Lipinski definition) is 0.